The number of nitrogens with zero attached hydrogens (tertiary/aromatic N) is 3. The molecule has 1 saturated carbocycles. The minimum atomic E-state index is 0.0262. The minimum Gasteiger partial charge on any atom is -0.342 e. The Kier molecular flexibility index (Phi) is 6.28. The van der Waals surface area contributed by atoms with Crippen molar-refractivity contribution in [1.82, 2.24) is 14.8 Å². The molecule has 0 unspecified atom stereocenters. The Bertz CT molecular complexity index is 605. The zero-order chi connectivity index (χ0) is 18.5. The molecule has 2 fully saturated rings. The molecule has 5 heteroatoms. The van der Waals surface area contributed by atoms with Crippen LogP contribution in [0.3, 0.4) is 0 Å². The van der Waals surface area contributed by atoms with Gasteiger partial charge in [-0.15, -0.1) is 0 Å². The minimum absolute atomic E-state index is 0.0262. The van der Waals surface area contributed by atoms with Gasteiger partial charge in [0.25, 0.3) is 0 Å². The summed E-state index contributed by atoms with van der Waals surface area (Å²) in [5.41, 5.74) is 1.08. The van der Waals surface area contributed by atoms with E-state index in [1.807, 2.05) is 35.2 Å². The lowest BCUT2D eigenvalue weighted by Gasteiger charge is -2.36. The average Bonchev–Trinajstić information content (AvgIpc) is 3.23. The molecule has 5 nitrogen and oxygen atoms in total. The molecule has 26 heavy (non-hydrogen) atoms. The molecule has 2 aliphatic rings. The van der Waals surface area contributed by atoms with Crippen LogP contribution in [0.4, 0.5) is 0 Å². The number of carbonyl (C=O) groups excluding carboxylic acids is 2. The standard InChI is InChI=1S/C21H31N3O2/c1-3-19(18-9-6-12-22-15-18)23(2)20(25)17-10-13-24(14-11-17)21(26)16-7-4-5-8-16/h6,9,12,15-17,19H,3-5,7-8,10-11,13-14H2,1-2H3/t19-/m0/s1. The van der Waals surface area contributed by atoms with Crippen LogP contribution in [-0.4, -0.2) is 46.7 Å². The molecular weight excluding hydrogens is 326 g/mol. The van der Waals surface area contributed by atoms with Gasteiger partial charge < -0.3 is 9.80 Å². The van der Waals surface area contributed by atoms with E-state index in [1.165, 1.54) is 12.8 Å². The fraction of sp³-hybridized carbons (Fsp3) is 0.667. The van der Waals surface area contributed by atoms with Crippen molar-refractivity contribution < 1.29 is 9.59 Å². The fourth-order valence-electron chi connectivity index (χ4n) is 4.53. The molecule has 1 atom stereocenters. The van der Waals surface area contributed by atoms with Crippen molar-refractivity contribution in [2.45, 2.75) is 57.9 Å². The summed E-state index contributed by atoms with van der Waals surface area (Å²) in [7, 11) is 1.90. The predicted octanol–water partition coefficient (Wildman–Crippen LogP) is 3.42. The highest BCUT2D eigenvalue weighted by Gasteiger charge is 2.34. The summed E-state index contributed by atoms with van der Waals surface area (Å²) >= 11 is 0. The monoisotopic (exact) mass is 357 g/mol. The van der Waals surface area contributed by atoms with E-state index in [0.717, 1.165) is 50.8 Å². The van der Waals surface area contributed by atoms with Crippen molar-refractivity contribution in [2.24, 2.45) is 11.8 Å². The number of rotatable bonds is 5. The molecule has 1 aromatic rings. The van der Waals surface area contributed by atoms with Gasteiger partial charge in [-0.2, -0.15) is 0 Å². The fourth-order valence-corrected chi connectivity index (χ4v) is 4.53. The van der Waals surface area contributed by atoms with Gasteiger partial charge in [0.15, 0.2) is 0 Å². The van der Waals surface area contributed by atoms with Crippen LogP contribution in [0, 0.1) is 11.8 Å². The van der Waals surface area contributed by atoms with Gasteiger partial charge in [0.1, 0.15) is 0 Å². The lowest BCUT2D eigenvalue weighted by atomic mass is 9.93. The van der Waals surface area contributed by atoms with Gasteiger partial charge in [0.05, 0.1) is 6.04 Å². The number of carbonyl (C=O) groups is 2. The van der Waals surface area contributed by atoms with Gasteiger partial charge >= 0.3 is 0 Å². The molecule has 0 radical (unpaired) electrons. The zero-order valence-corrected chi connectivity index (χ0v) is 16.1. The maximum Gasteiger partial charge on any atom is 0.226 e. The summed E-state index contributed by atoms with van der Waals surface area (Å²) in [4.78, 5) is 33.7. The van der Waals surface area contributed by atoms with E-state index in [0.29, 0.717) is 5.91 Å². The topological polar surface area (TPSA) is 53.5 Å². The molecule has 1 aromatic heterocycles. The van der Waals surface area contributed by atoms with Crippen molar-refractivity contribution in [3.05, 3.63) is 30.1 Å². The number of pyridine rings is 1. The number of likely N-dealkylation sites (tertiary alicyclic amines) is 1. The Morgan fingerprint density at radius 2 is 1.88 bits per heavy atom. The van der Waals surface area contributed by atoms with Gasteiger partial charge in [-0.25, -0.2) is 0 Å². The van der Waals surface area contributed by atoms with E-state index >= 15 is 0 Å². The van der Waals surface area contributed by atoms with Gasteiger partial charge in [-0.3, -0.25) is 14.6 Å². The molecule has 0 aromatic carbocycles. The first-order chi connectivity index (χ1) is 12.6. The maximum absolute atomic E-state index is 13.0. The largest absolute Gasteiger partial charge is 0.342 e. The number of hydrogen-bond acceptors (Lipinski definition) is 3. The van der Waals surface area contributed by atoms with Crippen LogP contribution in [0.25, 0.3) is 0 Å². The van der Waals surface area contributed by atoms with Crippen molar-refractivity contribution in [2.75, 3.05) is 20.1 Å². The van der Waals surface area contributed by atoms with E-state index < -0.39 is 0 Å². The van der Waals surface area contributed by atoms with E-state index in [1.54, 1.807) is 6.20 Å². The molecule has 142 valence electrons. The smallest absolute Gasteiger partial charge is 0.226 e. The van der Waals surface area contributed by atoms with E-state index in [2.05, 4.69) is 11.9 Å². The highest BCUT2D eigenvalue weighted by molar-refractivity contribution is 5.81. The summed E-state index contributed by atoms with van der Waals surface area (Å²) in [6.07, 6.45) is 10.5. The predicted molar refractivity (Wildman–Crippen MR) is 101 cm³/mol. The van der Waals surface area contributed by atoms with Crippen LogP contribution in [-0.2, 0) is 9.59 Å². The first-order valence-electron chi connectivity index (χ1n) is 10.1. The Morgan fingerprint density at radius 3 is 2.46 bits per heavy atom. The van der Waals surface area contributed by atoms with Crippen LogP contribution < -0.4 is 0 Å². The second-order valence-corrected chi connectivity index (χ2v) is 7.74. The molecule has 2 amide bonds. The second-order valence-electron chi connectivity index (χ2n) is 7.74. The molecule has 0 N–H and O–H groups in total. The van der Waals surface area contributed by atoms with Crippen LogP contribution in [0.15, 0.2) is 24.5 Å². The van der Waals surface area contributed by atoms with Gasteiger partial charge in [0, 0.05) is 44.4 Å². The quantitative estimate of drug-likeness (QED) is 0.811. The van der Waals surface area contributed by atoms with E-state index in [-0.39, 0.29) is 23.8 Å². The molecular formula is C21H31N3O2. The highest BCUT2D eigenvalue weighted by Crippen LogP contribution is 2.30. The Labute approximate surface area is 156 Å². The van der Waals surface area contributed by atoms with Gasteiger partial charge in [-0.1, -0.05) is 25.8 Å². The van der Waals surface area contributed by atoms with Gasteiger partial charge in [0.2, 0.25) is 11.8 Å². The molecule has 1 aliphatic heterocycles. The van der Waals surface area contributed by atoms with Crippen molar-refractivity contribution >= 4 is 11.8 Å². The SMILES string of the molecule is CC[C@@H](c1cccnc1)N(C)C(=O)C1CCN(C(=O)C2CCCC2)CC1. The lowest BCUT2D eigenvalue weighted by Crippen LogP contribution is -2.45. The first-order valence-corrected chi connectivity index (χ1v) is 10.1. The van der Waals surface area contributed by atoms with Crippen LogP contribution in [0.5, 0.6) is 0 Å². The van der Waals surface area contributed by atoms with E-state index in [4.69, 9.17) is 0 Å². The Balaban J connectivity index is 1.56. The normalized spacial score (nSPS) is 20.2. The van der Waals surface area contributed by atoms with Crippen molar-refractivity contribution in [1.29, 1.82) is 0 Å². The van der Waals surface area contributed by atoms with Crippen molar-refractivity contribution in [3.8, 4) is 0 Å². The summed E-state index contributed by atoms with van der Waals surface area (Å²) in [6, 6.07) is 4.02. The summed E-state index contributed by atoms with van der Waals surface area (Å²) in [6.45, 7) is 3.55. The summed E-state index contributed by atoms with van der Waals surface area (Å²) in [5.74, 6) is 0.788. The number of amides is 2. The van der Waals surface area contributed by atoms with Gasteiger partial charge in [-0.05, 0) is 43.7 Å². The molecule has 3 rings (SSSR count). The zero-order valence-electron chi connectivity index (χ0n) is 16.1. The van der Waals surface area contributed by atoms with Crippen LogP contribution >= 0.6 is 0 Å². The molecule has 2 heterocycles. The highest BCUT2D eigenvalue weighted by atomic mass is 16.2. The Morgan fingerprint density at radius 1 is 1.19 bits per heavy atom. The Hall–Kier alpha value is -1.91. The second kappa shape index (κ2) is 8.65. The molecule has 0 bridgehead atoms. The maximum atomic E-state index is 13.0. The molecule has 1 aliphatic carbocycles. The van der Waals surface area contributed by atoms with Crippen LogP contribution in [0.2, 0.25) is 0 Å². The van der Waals surface area contributed by atoms with Crippen molar-refractivity contribution in [3.63, 3.8) is 0 Å². The van der Waals surface area contributed by atoms with Crippen LogP contribution in [0.1, 0.15) is 63.5 Å². The third-order valence-electron chi connectivity index (χ3n) is 6.13. The number of piperidine rings is 1. The molecule has 0 spiro atoms. The summed E-state index contributed by atoms with van der Waals surface area (Å²) < 4.78 is 0. The number of aromatic nitrogens is 1. The first kappa shape index (κ1) is 18.9. The van der Waals surface area contributed by atoms with E-state index in [9.17, 15) is 9.59 Å². The summed E-state index contributed by atoms with van der Waals surface area (Å²) in [5, 5.41) is 0. The third kappa shape index (κ3) is 4.08. The molecule has 1 saturated heterocycles. The average molecular weight is 357 g/mol. The lowest BCUT2D eigenvalue weighted by molar-refractivity contribution is -0.143. The number of hydrogen-bond donors (Lipinski definition) is 0. The third-order valence-corrected chi connectivity index (χ3v) is 6.13.